The van der Waals surface area contributed by atoms with Gasteiger partial charge in [0.1, 0.15) is 11.5 Å². The zero-order valence-corrected chi connectivity index (χ0v) is 29.7. The normalized spacial score (nSPS) is 20.9. The van der Waals surface area contributed by atoms with Crippen molar-refractivity contribution in [3.05, 3.63) is 59.7 Å². The molecule has 0 radical (unpaired) electrons. The van der Waals surface area contributed by atoms with E-state index in [2.05, 4.69) is 52.2 Å². The summed E-state index contributed by atoms with van der Waals surface area (Å²) in [5.74, 6) is 1.95. The van der Waals surface area contributed by atoms with E-state index < -0.39 is 12.2 Å². The Labute approximate surface area is 280 Å². The third kappa shape index (κ3) is 11.2. The Morgan fingerprint density at radius 3 is 1.17 bits per heavy atom. The number of hydrogen-bond acceptors (Lipinski definition) is 4. The van der Waals surface area contributed by atoms with E-state index in [4.69, 9.17) is 9.47 Å². The Hall–Kier alpha value is -2.12. The van der Waals surface area contributed by atoms with E-state index in [0.29, 0.717) is 13.2 Å². The zero-order chi connectivity index (χ0) is 32.8. The van der Waals surface area contributed by atoms with Crippen molar-refractivity contribution in [2.45, 2.75) is 103 Å². The molecule has 0 amide bonds. The minimum Gasteiger partial charge on any atom is -0.494 e. The minimum absolute atomic E-state index is 0.111. The molecule has 0 unspecified atom stereocenters. The number of rotatable bonds is 17. The summed E-state index contributed by atoms with van der Waals surface area (Å²) in [4.78, 5) is 0. The molecule has 0 saturated carbocycles. The van der Waals surface area contributed by atoms with Gasteiger partial charge in [-0.2, -0.15) is 0 Å². The van der Waals surface area contributed by atoms with E-state index in [1.54, 1.807) is 0 Å². The molecular weight excluding hydrogens is 572 g/mol. The smallest absolute Gasteiger partial charge is 0.119 e. The van der Waals surface area contributed by atoms with Gasteiger partial charge in [0.2, 0.25) is 0 Å². The van der Waals surface area contributed by atoms with E-state index in [-0.39, 0.29) is 11.8 Å². The quantitative estimate of drug-likeness (QED) is 0.172. The molecule has 2 N–H and O–H groups in total. The maximum absolute atomic E-state index is 12.0. The van der Waals surface area contributed by atoms with Crippen molar-refractivity contribution < 1.29 is 28.7 Å². The van der Waals surface area contributed by atoms with Gasteiger partial charge in [-0.05, 0) is 112 Å². The topological polar surface area (TPSA) is 58.9 Å². The second-order valence-electron chi connectivity index (χ2n) is 15.1. The summed E-state index contributed by atoms with van der Waals surface area (Å²) in [6, 6.07) is 16.3. The van der Waals surface area contributed by atoms with Gasteiger partial charge in [0.05, 0.1) is 78.8 Å². The van der Waals surface area contributed by atoms with Crippen LogP contribution in [0.1, 0.15) is 114 Å². The molecule has 4 atom stereocenters. The Morgan fingerprint density at radius 1 is 0.543 bits per heavy atom. The van der Waals surface area contributed by atoms with E-state index in [9.17, 15) is 10.2 Å². The lowest BCUT2D eigenvalue weighted by molar-refractivity contribution is -0.913. The maximum Gasteiger partial charge on any atom is 0.119 e. The molecule has 0 bridgehead atoms. The van der Waals surface area contributed by atoms with E-state index in [1.807, 2.05) is 24.3 Å². The lowest BCUT2D eigenvalue weighted by Gasteiger charge is -2.40. The van der Waals surface area contributed by atoms with Crippen LogP contribution >= 0.6 is 0 Å². The van der Waals surface area contributed by atoms with Crippen molar-refractivity contribution in [2.24, 2.45) is 11.8 Å². The SMILES string of the molecule is CCCOc1ccc([C@@H](O)[C@H](CC[C@H](C[N+]2(C)CCCCCC2)[C@@H](O)c2ccc(OCCC)cc2)C[N+]2(C)CCCCCC2)cc1. The van der Waals surface area contributed by atoms with E-state index in [1.165, 1.54) is 77.5 Å². The molecule has 2 aliphatic heterocycles. The molecule has 2 fully saturated rings. The fourth-order valence-corrected chi connectivity index (χ4v) is 8.04. The van der Waals surface area contributed by atoms with Gasteiger partial charge in [0.25, 0.3) is 0 Å². The lowest BCUT2D eigenvalue weighted by atomic mass is 9.83. The molecule has 0 spiro atoms. The van der Waals surface area contributed by atoms with Crippen LogP contribution in [-0.2, 0) is 0 Å². The molecule has 2 aliphatic rings. The summed E-state index contributed by atoms with van der Waals surface area (Å²) in [5, 5.41) is 24.0. The summed E-state index contributed by atoms with van der Waals surface area (Å²) in [6.07, 6.45) is 12.9. The summed E-state index contributed by atoms with van der Waals surface area (Å²) in [5.41, 5.74) is 1.95. The molecule has 4 rings (SSSR count). The van der Waals surface area contributed by atoms with E-state index in [0.717, 1.165) is 70.4 Å². The number of ether oxygens (including phenoxy) is 2. The fraction of sp³-hybridized carbons (Fsp3) is 0.700. The highest BCUT2D eigenvalue weighted by Crippen LogP contribution is 2.36. The van der Waals surface area contributed by atoms with Gasteiger partial charge in [0, 0.05) is 11.8 Å². The van der Waals surface area contributed by atoms with Gasteiger partial charge in [-0.25, -0.2) is 0 Å². The predicted molar refractivity (Wildman–Crippen MR) is 189 cm³/mol. The van der Waals surface area contributed by atoms with Gasteiger partial charge in [-0.15, -0.1) is 0 Å². The van der Waals surface area contributed by atoms with Crippen molar-refractivity contribution >= 4 is 0 Å². The highest BCUT2D eigenvalue weighted by Gasteiger charge is 2.36. The number of benzene rings is 2. The van der Waals surface area contributed by atoms with Crippen molar-refractivity contribution in [2.75, 3.05) is 66.6 Å². The first-order valence-electron chi connectivity index (χ1n) is 18.7. The standard InChI is InChI=1S/C40H66N2O4/c1-5-29-45-37-21-17-33(18-22-37)39(43)35(31-41(3)25-11-7-8-12-26-41)15-16-36(32-42(4)27-13-9-10-14-28-42)40(44)34-19-23-38(24-20-34)46-30-6-2/h17-24,35-36,39-40,43-44H,5-16,25-32H2,1-4H3/q+2/t35-,36-,39-,40+/m1/s1. The Balaban J connectivity index is 1.57. The molecule has 6 nitrogen and oxygen atoms in total. The average Bonchev–Trinajstić information content (AvgIpc) is 3.43. The summed E-state index contributed by atoms with van der Waals surface area (Å²) in [6.45, 7) is 12.3. The monoisotopic (exact) mass is 639 g/mol. The van der Waals surface area contributed by atoms with Crippen LogP contribution in [0.5, 0.6) is 11.5 Å². The Bertz CT molecular complexity index is 1020. The van der Waals surface area contributed by atoms with Gasteiger partial charge >= 0.3 is 0 Å². The highest BCUT2D eigenvalue weighted by molar-refractivity contribution is 5.30. The molecule has 0 aliphatic carbocycles. The van der Waals surface area contributed by atoms with Gasteiger partial charge in [0.15, 0.2) is 0 Å². The second kappa shape index (κ2) is 18.4. The molecule has 0 aromatic heterocycles. The van der Waals surface area contributed by atoms with Crippen molar-refractivity contribution in [3.8, 4) is 11.5 Å². The number of hydrogen-bond donors (Lipinski definition) is 2. The first kappa shape index (κ1) is 36.7. The summed E-state index contributed by atoms with van der Waals surface area (Å²) in [7, 11) is 4.81. The molecule has 2 saturated heterocycles. The molecule has 2 heterocycles. The van der Waals surface area contributed by atoms with Crippen LogP contribution in [0.25, 0.3) is 0 Å². The first-order chi connectivity index (χ1) is 22.2. The Morgan fingerprint density at radius 2 is 0.870 bits per heavy atom. The molecular formula is C40H66N2O4+2. The van der Waals surface area contributed by atoms with Crippen LogP contribution in [0.4, 0.5) is 0 Å². The number of aliphatic hydroxyl groups excluding tert-OH is 2. The van der Waals surface area contributed by atoms with Crippen molar-refractivity contribution in [1.82, 2.24) is 0 Å². The maximum atomic E-state index is 12.0. The molecule has 258 valence electrons. The summed E-state index contributed by atoms with van der Waals surface area (Å²) >= 11 is 0. The third-order valence-electron chi connectivity index (χ3n) is 10.8. The highest BCUT2D eigenvalue weighted by atomic mass is 16.5. The van der Waals surface area contributed by atoms with Gasteiger partial charge in [-0.3, -0.25) is 0 Å². The van der Waals surface area contributed by atoms with Crippen molar-refractivity contribution in [3.63, 3.8) is 0 Å². The summed E-state index contributed by atoms with van der Waals surface area (Å²) < 4.78 is 13.7. The number of aliphatic hydroxyl groups is 2. The van der Waals surface area contributed by atoms with Gasteiger partial charge in [-0.1, -0.05) is 38.1 Å². The first-order valence-corrected chi connectivity index (χ1v) is 18.7. The van der Waals surface area contributed by atoms with Crippen LogP contribution in [0.15, 0.2) is 48.5 Å². The molecule has 6 heteroatoms. The largest absolute Gasteiger partial charge is 0.494 e. The lowest BCUT2D eigenvalue weighted by Crippen LogP contribution is -2.50. The van der Waals surface area contributed by atoms with Crippen LogP contribution in [0.3, 0.4) is 0 Å². The minimum atomic E-state index is -0.547. The fourth-order valence-electron chi connectivity index (χ4n) is 8.04. The van der Waals surface area contributed by atoms with Crippen molar-refractivity contribution in [1.29, 1.82) is 0 Å². The zero-order valence-electron chi connectivity index (χ0n) is 29.7. The van der Waals surface area contributed by atoms with Gasteiger partial charge < -0.3 is 28.7 Å². The van der Waals surface area contributed by atoms with Crippen LogP contribution < -0.4 is 9.47 Å². The molecule has 46 heavy (non-hydrogen) atoms. The number of likely N-dealkylation sites (tertiary alicyclic amines) is 2. The third-order valence-corrected chi connectivity index (χ3v) is 10.8. The van der Waals surface area contributed by atoms with Crippen LogP contribution in [0.2, 0.25) is 0 Å². The van der Waals surface area contributed by atoms with Crippen LogP contribution in [-0.4, -0.2) is 85.8 Å². The molecule has 2 aromatic rings. The Kier molecular flexibility index (Phi) is 14.7. The second-order valence-corrected chi connectivity index (χ2v) is 15.1. The van der Waals surface area contributed by atoms with E-state index >= 15 is 0 Å². The van der Waals surface area contributed by atoms with Crippen LogP contribution in [0, 0.1) is 11.8 Å². The average molecular weight is 639 g/mol. The number of quaternary nitrogens is 2. The molecule has 2 aromatic carbocycles. The predicted octanol–water partition coefficient (Wildman–Crippen LogP) is 8.09. The number of nitrogens with zero attached hydrogens (tertiary/aromatic N) is 2.